The Hall–Kier alpha value is -1.43. The van der Waals surface area contributed by atoms with Crippen molar-refractivity contribution in [2.24, 2.45) is 0 Å². The Balaban J connectivity index is 2.13. The lowest BCUT2D eigenvalue weighted by atomic mass is 10.0. The highest BCUT2D eigenvalue weighted by molar-refractivity contribution is 6.41. The molecule has 34 heavy (non-hydrogen) atoms. The molecule has 0 fully saturated rings. The number of hydrogen-bond donors (Lipinski definition) is 1. The number of carbonyl (C=O) groups is 2. The number of unbranched alkanes of at least 4 members (excludes halogenated alkanes) is 12. The van der Waals surface area contributed by atoms with Gasteiger partial charge in [0.2, 0.25) is 0 Å². The first-order chi connectivity index (χ1) is 16.4. The number of hydroxylamine groups is 1. The summed E-state index contributed by atoms with van der Waals surface area (Å²) < 4.78 is 5.24. The van der Waals surface area contributed by atoms with Crippen molar-refractivity contribution in [3.63, 3.8) is 0 Å². The summed E-state index contributed by atoms with van der Waals surface area (Å²) in [6, 6.07) is 2.71. The molecule has 5 nitrogen and oxygen atoms in total. The maximum absolute atomic E-state index is 12.1. The number of amides is 1. The van der Waals surface area contributed by atoms with E-state index in [1.807, 2.05) is 5.48 Å². The highest BCUT2D eigenvalue weighted by atomic mass is 35.5. The second-order valence-electron chi connectivity index (χ2n) is 8.45. The predicted molar refractivity (Wildman–Crippen MR) is 141 cm³/mol. The minimum atomic E-state index is -0.921. The molecule has 0 aliphatic carbocycles. The monoisotopic (exact) mass is 533 g/mol. The van der Waals surface area contributed by atoms with E-state index in [0.29, 0.717) is 6.42 Å². The standard InChI is InChI=1S/C26H38Cl3NO4/c1-3-5-6-7-8-9-10-11-12-13-14-15-16-17-21(4-2)33-26(32)30-34-25(31)24-22(28)18-20(27)19-23(24)29/h4,18-19,21H,2-3,5-17H2,1H3,(H,30,32)/t21-/m1/s1. The molecule has 0 spiro atoms. The van der Waals surface area contributed by atoms with Gasteiger partial charge in [-0.1, -0.05) is 131 Å². The first-order valence-corrected chi connectivity index (χ1v) is 13.5. The van der Waals surface area contributed by atoms with Gasteiger partial charge in [-0.3, -0.25) is 0 Å². The topological polar surface area (TPSA) is 64.6 Å². The zero-order chi connectivity index (χ0) is 25.2. The van der Waals surface area contributed by atoms with Crippen LogP contribution >= 0.6 is 34.8 Å². The van der Waals surface area contributed by atoms with Crippen molar-refractivity contribution in [2.45, 2.75) is 103 Å². The van der Waals surface area contributed by atoms with Crippen LogP contribution in [0.5, 0.6) is 0 Å². The molecular weight excluding hydrogens is 497 g/mol. The van der Waals surface area contributed by atoms with Crippen molar-refractivity contribution < 1.29 is 19.2 Å². The van der Waals surface area contributed by atoms with Gasteiger partial charge in [-0.05, 0) is 25.0 Å². The minimum Gasteiger partial charge on any atom is -0.440 e. The van der Waals surface area contributed by atoms with Gasteiger partial charge in [0.05, 0.1) is 15.6 Å². The van der Waals surface area contributed by atoms with Gasteiger partial charge in [0.1, 0.15) is 6.10 Å². The van der Waals surface area contributed by atoms with Gasteiger partial charge in [0.15, 0.2) is 0 Å². The molecule has 8 heteroatoms. The molecule has 0 aliphatic rings. The summed E-state index contributed by atoms with van der Waals surface area (Å²) in [7, 11) is 0. The molecule has 1 N–H and O–H groups in total. The van der Waals surface area contributed by atoms with Crippen LogP contribution in [0, 0.1) is 0 Å². The van der Waals surface area contributed by atoms with Crippen molar-refractivity contribution >= 4 is 46.9 Å². The lowest BCUT2D eigenvalue weighted by Crippen LogP contribution is -2.30. The van der Waals surface area contributed by atoms with E-state index in [2.05, 4.69) is 13.5 Å². The molecule has 0 unspecified atom stereocenters. The van der Waals surface area contributed by atoms with Crippen molar-refractivity contribution in [2.75, 3.05) is 0 Å². The molecule has 0 aliphatic heterocycles. The molecule has 1 aromatic carbocycles. The average Bonchev–Trinajstić information content (AvgIpc) is 2.79. The first kappa shape index (κ1) is 30.6. The highest BCUT2D eigenvalue weighted by Gasteiger charge is 2.20. The Labute approximate surface area is 219 Å². The van der Waals surface area contributed by atoms with E-state index in [1.165, 1.54) is 82.8 Å². The molecule has 1 aromatic rings. The molecule has 1 atom stereocenters. The van der Waals surface area contributed by atoms with Crippen LogP contribution in [0.2, 0.25) is 15.1 Å². The van der Waals surface area contributed by atoms with Gasteiger partial charge < -0.3 is 9.57 Å². The Bertz CT molecular complexity index is 735. The first-order valence-electron chi connectivity index (χ1n) is 12.3. The summed E-state index contributed by atoms with van der Waals surface area (Å²) in [6.45, 7) is 5.96. The van der Waals surface area contributed by atoms with Gasteiger partial charge in [0.25, 0.3) is 0 Å². The minimum absolute atomic E-state index is 0.0176. The van der Waals surface area contributed by atoms with Crippen LogP contribution in [-0.2, 0) is 9.57 Å². The lowest BCUT2D eigenvalue weighted by Gasteiger charge is -2.14. The lowest BCUT2D eigenvalue weighted by molar-refractivity contribution is 0.0160. The van der Waals surface area contributed by atoms with Crippen molar-refractivity contribution in [3.05, 3.63) is 45.4 Å². The SMILES string of the molecule is C=C[C@H](CCCCCCCCCCCCCCC)OC(=O)NOC(=O)c1c(Cl)cc(Cl)cc1Cl. The van der Waals surface area contributed by atoms with Crippen LogP contribution in [0.1, 0.15) is 107 Å². The number of nitrogens with one attached hydrogen (secondary N) is 1. The summed E-state index contributed by atoms with van der Waals surface area (Å²) in [4.78, 5) is 28.9. The maximum Gasteiger partial charge on any atom is 0.441 e. The average molecular weight is 535 g/mol. The van der Waals surface area contributed by atoms with E-state index in [0.717, 1.165) is 12.8 Å². The summed E-state index contributed by atoms with van der Waals surface area (Å²) in [5.41, 5.74) is 1.86. The van der Waals surface area contributed by atoms with Gasteiger partial charge in [-0.15, -0.1) is 5.48 Å². The number of benzene rings is 1. The summed E-state index contributed by atoms with van der Waals surface area (Å²) in [6.07, 6.45) is 17.4. The van der Waals surface area contributed by atoms with Crippen LogP contribution in [0.15, 0.2) is 24.8 Å². The van der Waals surface area contributed by atoms with E-state index in [4.69, 9.17) is 44.4 Å². The Morgan fingerprint density at radius 2 is 1.35 bits per heavy atom. The third kappa shape index (κ3) is 13.5. The van der Waals surface area contributed by atoms with E-state index in [1.54, 1.807) is 6.08 Å². The number of rotatable bonds is 17. The van der Waals surface area contributed by atoms with Gasteiger partial charge in [-0.25, -0.2) is 9.59 Å². The van der Waals surface area contributed by atoms with E-state index in [9.17, 15) is 9.59 Å². The van der Waals surface area contributed by atoms with E-state index < -0.39 is 18.2 Å². The molecule has 0 heterocycles. The summed E-state index contributed by atoms with van der Waals surface area (Å²) in [5.74, 6) is -0.921. The Morgan fingerprint density at radius 3 is 1.82 bits per heavy atom. The van der Waals surface area contributed by atoms with Crippen molar-refractivity contribution in [3.8, 4) is 0 Å². The number of hydrogen-bond acceptors (Lipinski definition) is 4. The molecule has 1 amide bonds. The number of carbonyl (C=O) groups excluding carboxylic acids is 2. The van der Waals surface area contributed by atoms with Gasteiger partial charge in [-0.2, -0.15) is 0 Å². The molecule has 1 rings (SSSR count). The summed E-state index contributed by atoms with van der Waals surface area (Å²) >= 11 is 17.8. The molecule has 0 saturated heterocycles. The second kappa shape index (κ2) is 18.8. The highest BCUT2D eigenvalue weighted by Crippen LogP contribution is 2.29. The molecule has 0 radical (unpaired) electrons. The summed E-state index contributed by atoms with van der Waals surface area (Å²) in [5, 5.41) is 0.314. The largest absolute Gasteiger partial charge is 0.441 e. The third-order valence-corrected chi connectivity index (χ3v) is 6.37. The van der Waals surface area contributed by atoms with Crippen LogP contribution in [-0.4, -0.2) is 18.2 Å². The van der Waals surface area contributed by atoms with Crippen LogP contribution in [0.25, 0.3) is 0 Å². The Morgan fingerprint density at radius 1 is 0.882 bits per heavy atom. The number of halogens is 3. The van der Waals surface area contributed by atoms with Crippen LogP contribution < -0.4 is 5.48 Å². The normalized spacial score (nSPS) is 11.6. The predicted octanol–water partition coefficient (Wildman–Crippen LogP) is 9.48. The van der Waals surface area contributed by atoms with Crippen LogP contribution in [0.3, 0.4) is 0 Å². The van der Waals surface area contributed by atoms with Crippen LogP contribution in [0.4, 0.5) is 4.79 Å². The second-order valence-corrected chi connectivity index (χ2v) is 9.70. The smallest absolute Gasteiger partial charge is 0.440 e. The van der Waals surface area contributed by atoms with E-state index >= 15 is 0 Å². The molecular formula is C26H38Cl3NO4. The fraction of sp³-hybridized carbons (Fsp3) is 0.615. The zero-order valence-electron chi connectivity index (χ0n) is 20.2. The zero-order valence-corrected chi connectivity index (χ0v) is 22.5. The van der Waals surface area contributed by atoms with Gasteiger partial charge in [0, 0.05) is 5.02 Å². The van der Waals surface area contributed by atoms with Gasteiger partial charge >= 0.3 is 12.1 Å². The van der Waals surface area contributed by atoms with E-state index in [-0.39, 0.29) is 20.6 Å². The molecule has 0 aromatic heterocycles. The third-order valence-electron chi connectivity index (χ3n) is 5.55. The molecule has 0 bridgehead atoms. The van der Waals surface area contributed by atoms with Crippen molar-refractivity contribution in [1.29, 1.82) is 0 Å². The fourth-order valence-corrected chi connectivity index (χ4v) is 4.60. The fourth-order valence-electron chi connectivity index (χ4n) is 3.63. The number of ether oxygens (including phenoxy) is 1. The molecule has 192 valence electrons. The maximum atomic E-state index is 12.1. The molecule has 0 saturated carbocycles. The quantitative estimate of drug-likeness (QED) is 0.123. The van der Waals surface area contributed by atoms with Crippen molar-refractivity contribution in [1.82, 2.24) is 5.48 Å². The Kier molecular flexibility index (Phi) is 17.0.